The van der Waals surface area contributed by atoms with Crippen LogP contribution in [0.4, 0.5) is 5.13 Å². The fourth-order valence-electron chi connectivity index (χ4n) is 3.33. The molecule has 0 N–H and O–H groups in total. The molecule has 4 rings (SSSR count). The van der Waals surface area contributed by atoms with Gasteiger partial charge in [0.2, 0.25) is 0 Å². The van der Waals surface area contributed by atoms with Crippen LogP contribution >= 0.6 is 11.3 Å². The minimum absolute atomic E-state index is 0.0924. The van der Waals surface area contributed by atoms with Crippen LogP contribution in [0.3, 0.4) is 0 Å². The molecular formula is C24H24N4O2S. The molecule has 2 aromatic carbocycles. The van der Waals surface area contributed by atoms with Crippen LogP contribution < -0.4 is 9.64 Å². The SMILES string of the molecule is COc1ccc(C)c2sc(N(CCCn3ccnc3)C(=O)/C=C/c3ccccc3)nc12. The summed E-state index contributed by atoms with van der Waals surface area (Å²) >= 11 is 1.52. The molecule has 0 aliphatic carbocycles. The Labute approximate surface area is 185 Å². The van der Waals surface area contributed by atoms with Crippen LogP contribution in [-0.2, 0) is 11.3 Å². The van der Waals surface area contributed by atoms with Gasteiger partial charge in [-0.15, -0.1) is 0 Å². The van der Waals surface area contributed by atoms with Crippen LogP contribution in [0, 0.1) is 6.92 Å². The van der Waals surface area contributed by atoms with Crippen LogP contribution in [-0.4, -0.2) is 34.1 Å². The van der Waals surface area contributed by atoms with Gasteiger partial charge in [0, 0.05) is 31.6 Å². The summed E-state index contributed by atoms with van der Waals surface area (Å²) in [6, 6.07) is 13.7. The summed E-state index contributed by atoms with van der Waals surface area (Å²) in [5, 5.41) is 0.677. The van der Waals surface area contributed by atoms with Crippen molar-refractivity contribution in [2.75, 3.05) is 18.6 Å². The summed E-state index contributed by atoms with van der Waals surface area (Å²) < 4.78 is 8.53. The van der Waals surface area contributed by atoms with E-state index in [1.54, 1.807) is 30.6 Å². The molecule has 0 atom stereocenters. The van der Waals surface area contributed by atoms with Gasteiger partial charge in [0.15, 0.2) is 5.13 Å². The normalized spacial score (nSPS) is 11.3. The molecule has 31 heavy (non-hydrogen) atoms. The highest BCUT2D eigenvalue weighted by atomic mass is 32.1. The van der Waals surface area contributed by atoms with Gasteiger partial charge in [0.25, 0.3) is 5.91 Å². The first-order valence-corrected chi connectivity index (χ1v) is 10.9. The number of ether oxygens (including phenoxy) is 1. The number of anilines is 1. The number of thiazole rings is 1. The van der Waals surface area contributed by atoms with Crippen molar-refractivity contribution < 1.29 is 9.53 Å². The number of rotatable bonds is 8. The van der Waals surface area contributed by atoms with E-state index in [9.17, 15) is 4.79 Å². The lowest BCUT2D eigenvalue weighted by Gasteiger charge is -2.18. The van der Waals surface area contributed by atoms with Gasteiger partial charge in [0.1, 0.15) is 11.3 Å². The maximum absolute atomic E-state index is 13.2. The van der Waals surface area contributed by atoms with Gasteiger partial charge in [0.05, 0.1) is 18.1 Å². The molecule has 0 fully saturated rings. The van der Waals surface area contributed by atoms with E-state index in [1.165, 1.54) is 11.3 Å². The highest BCUT2D eigenvalue weighted by molar-refractivity contribution is 7.22. The number of imidazole rings is 1. The summed E-state index contributed by atoms with van der Waals surface area (Å²) in [5.74, 6) is 0.624. The van der Waals surface area contributed by atoms with Crippen molar-refractivity contribution in [2.45, 2.75) is 19.9 Å². The molecule has 0 aliphatic heterocycles. The van der Waals surface area contributed by atoms with E-state index in [0.717, 1.165) is 34.3 Å². The minimum atomic E-state index is -0.0924. The van der Waals surface area contributed by atoms with E-state index >= 15 is 0 Å². The number of nitrogens with zero attached hydrogens (tertiary/aromatic N) is 4. The Morgan fingerprint density at radius 2 is 2.06 bits per heavy atom. The molecule has 2 heterocycles. The van der Waals surface area contributed by atoms with Crippen LogP contribution in [0.25, 0.3) is 16.3 Å². The topological polar surface area (TPSA) is 60.2 Å². The highest BCUT2D eigenvalue weighted by Gasteiger charge is 2.20. The third-order valence-electron chi connectivity index (χ3n) is 4.98. The Morgan fingerprint density at radius 3 is 2.81 bits per heavy atom. The number of carbonyl (C=O) groups is 1. The lowest BCUT2D eigenvalue weighted by Crippen LogP contribution is -2.30. The fraction of sp³-hybridized carbons (Fsp3) is 0.208. The standard InChI is InChI=1S/C24H24N4O2S/c1-18-9-11-20(30-2)22-23(18)31-24(26-22)28(15-6-14-27-16-13-25-17-27)21(29)12-10-19-7-4-3-5-8-19/h3-5,7-13,16-17H,6,14-15H2,1-2H3/b12-10+. The van der Waals surface area contributed by atoms with Crippen molar-refractivity contribution in [1.29, 1.82) is 0 Å². The molecule has 7 heteroatoms. The van der Waals surface area contributed by atoms with Gasteiger partial charge in [-0.3, -0.25) is 9.69 Å². The van der Waals surface area contributed by atoms with Crippen molar-refractivity contribution >= 4 is 38.7 Å². The van der Waals surface area contributed by atoms with Crippen molar-refractivity contribution in [2.24, 2.45) is 0 Å². The molecule has 0 bridgehead atoms. The molecule has 0 saturated carbocycles. The second-order valence-electron chi connectivity index (χ2n) is 7.15. The first-order valence-electron chi connectivity index (χ1n) is 10.1. The third-order valence-corrected chi connectivity index (χ3v) is 6.20. The highest BCUT2D eigenvalue weighted by Crippen LogP contribution is 2.36. The molecule has 0 unspecified atom stereocenters. The fourth-order valence-corrected chi connectivity index (χ4v) is 4.41. The maximum atomic E-state index is 13.2. The molecule has 158 valence electrons. The van der Waals surface area contributed by atoms with Gasteiger partial charge in [-0.05, 0) is 36.6 Å². The predicted octanol–water partition coefficient (Wildman–Crippen LogP) is 4.95. The summed E-state index contributed by atoms with van der Waals surface area (Å²) in [5.41, 5.74) is 2.89. The quantitative estimate of drug-likeness (QED) is 0.370. The van der Waals surface area contributed by atoms with Crippen molar-refractivity contribution in [3.05, 3.63) is 78.4 Å². The molecule has 6 nitrogen and oxygen atoms in total. The summed E-state index contributed by atoms with van der Waals surface area (Å²) in [6.07, 6.45) is 9.70. The zero-order chi connectivity index (χ0) is 21.6. The molecular weight excluding hydrogens is 408 g/mol. The number of hydrogen-bond acceptors (Lipinski definition) is 5. The molecule has 4 aromatic rings. The molecule has 1 amide bonds. The van der Waals surface area contributed by atoms with Crippen molar-refractivity contribution in [1.82, 2.24) is 14.5 Å². The Bertz CT molecular complexity index is 1180. The van der Waals surface area contributed by atoms with E-state index in [2.05, 4.69) is 4.98 Å². The first kappa shape index (κ1) is 20.8. The van der Waals surface area contributed by atoms with E-state index in [1.807, 2.05) is 66.2 Å². The second kappa shape index (κ2) is 9.57. The van der Waals surface area contributed by atoms with Crippen LogP contribution in [0.5, 0.6) is 5.75 Å². The van der Waals surface area contributed by atoms with E-state index in [-0.39, 0.29) is 5.91 Å². The number of hydrogen-bond donors (Lipinski definition) is 0. The van der Waals surface area contributed by atoms with Gasteiger partial charge in [-0.2, -0.15) is 0 Å². The van der Waals surface area contributed by atoms with Crippen LogP contribution in [0.1, 0.15) is 17.5 Å². The largest absolute Gasteiger partial charge is 0.494 e. The first-order chi connectivity index (χ1) is 15.2. The lowest BCUT2D eigenvalue weighted by molar-refractivity contribution is -0.114. The summed E-state index contributed by atoms with van der Waals surface area (Å²) in [7, 11) is 1.64. The molecule has 0 aliphatic rings. The smallest absolute Gasteiger partial charge is 0.252 e. The Kier molecular flexibility index (Phi) is 6.43. The zero-order valence-electron chi connectivity index (χ0n) is 17.6. The van der Waals surface area contributed by atoms with Crippen molar-refractivity contribution in [3.63, 3.8) is 0 Å². The predicted molar refractivity (Wildman–Crippen MR) is 126 cm³/mol. The average Bonchev–Trinajstić information content (AvgIpc) is 3.47. The number of methoxy groups -OCH3 is 1. The van der Waals surface area contributed by atoms with Gasteiger partial charge < -0.3 is 9.30 Å². The van der Waals surface area contributed by atoms with Crippen LogP contribution in [0.2, 0.25) is 0 Å². The Balaban J connectivity index is 1.62. The lowest BCUT2D eigenvalue weighted by atomic mass is 10.2. The summed E-state index contributed by atoms with van der Waals surface area (Å²) in [4.78, 5) is 23.8. The Morgan fingerprint density at radius 1 is 1.23 bits per heavy atom. The summed E-state index contributed by atoms with van der Waals surface area (Å²) in [6.45, 7) is 3.38. The number of aromatic nitrogens is 3. The molecule has 2 aromatic heterocycles. The molecule has 0 saturated heterocycles. The average molecular weight is 433 g/mol. The van der Waals surface area contributed by atoms with Crippen molar-refractivity contribution in [3.8, 4) is 5.75 Å². The maximum Gasteiger partial charge on any atom is 0.252 e. The van der Waals surface area contributed by atoms with Gasteiger partial charge in [-0.1, -0.05) is 47.7 Å². The monoisotopic (exact) mass is 432 g/mol. The van der Waals surface area contributed by atoms with E-state index < -0.39 is 0 Å². The van der Waals surface area contributed by atoms with Crippen LogP contribution in [0.15, 0.2) is 67.3 Å². The number of amides is 1. The Hall–Kier alpha value is -3.45. The minimum Gasteiger partial charge on any atom is -0.494 e. The zero-order valence-corrected chi connectivity index (χ0v) is 18.4. The number of fused-ring (bicyclic) bond motifs is 1. The number of carbonyl (C=O) groups excluding carboxylic acids is 1. The number of aryl methyl sites for hydroxylation is 2. The van der Waals surface area contributed by atoms with Gasteiger partial charge in [-0.25, -0.2) is 9.97 Å². The molecule has 0 spiro atoms. The van der Waals surface area contributed by atoms with E-state index in [0.29, 0.717) is 17.4 Å². The third kappa shape index (κ3) is 4.83. The second-order valence-corrected chi connectivity index (χ2v) is 8.12. The number of benzene rings is 2. The van der Waals surface area contributed by atoms with E-state index in [4.69, 9.17) is 9.72 Å². The molecule has 0 radical (unpaired) electrons. The van der Waals surface area contributed by atoms with Gasteiger partial charge >= 0.3 is 0 Å².